The quantitative estimate of drug-likeness (QED) is 0.417. The van der Waals surface area contributed by atoms with Gasteiger partial charge in [0.25, 0.3) is 5.91 Å². The molecule has 4 rings (SSSR count). The van der Waals surface area contributed by atoms with Crippen molar-refractivity contribution in [1.82, 2.24) is 30.4 Å². The topological polar surface area (TPSA) is 128 Å². The van der Waals surface area contributed by atoms with Gasteiger partial charge < -0.3 is 10.3 Å². The Hall–Kier alpha value is -4.27. The second kappa shape index (κ2) is 8.34. The predicted octanol–water partition coefficient (Wildman–Crippen LogP) is 3.28. The molecule has 0 spiro atoms. The molecule has 4 N–H and O–H groups in total. The van der Waals surface area contributed by atoms with Crippen LogP contribution in [0.2, 0.25) is 0 Å². The van der Waals surface area contributed by atoms with Crippen molar-refractivity contribution in [3.63, 3.8) is 0 Å². The monoisotopic (exact) mass is 443 g/mol. The Morgan fingerprint density at radius 3 is 2.33 bits per heavy atom. The third-order valence-corrected chi connectivity index (χ3v) is 5.10. The van der Waals surface area contributed by atoms with Crippen molar-refractivity contribution in [2.75, 3.05) is 5.73 Å². The fourth-order valence-corrected chi connectivity index (χ4v) is 3.69. The summed E-state index contributed by atoms with van der Waals surface area (Å²) < 4.78 is 2.11. The van der Waals surface area contributed by atoms with Crippen LogP contribution in [-0.4, -0.2) is 31.3 Å². The molecule has 9 nitrogen and oxygen atoms in total. The first-order valence-electron chi connectivity index (χ1n) is 10.4. The van der Waals surface area contributed by atoms with Crippen LogP contribution < -0.4 is 16.6 Å². The lowest BCUT2D eigenvalue weighted by molar-refractivity contribution is -0.119. The van der Waals surface area contributed by atoms with Gasteiger partial charge in [-0.25, -0.2) is 15.0 Å². The minimum Gasteiger partial charge on any atom is -0.368 e. The summed E-state index contributed by atoms with van der Waals surface area (Å²) in [6, 6.07) is 13.1. The number of nitrogen functional groups attached to an aromatic ring is 1. The first kappa shape index (κ1) is 21.9. The van der Waals surface area contributed by atoms with Gasteiger partial charge in [0.2, 0.25) is 11.9 Å². The SMILES string of the molecule is CC(=O)NNC(=O)c1ccccc1-c1nc2cc(-c3cnc(N)nc3)ccc2n1C(C)(C)C. The summed E-state index contributed by atoms with van der Waals surface area (Å²) >= 11 is 0. The number of amides is 2. The summed E-state index contributed by atoms with van der Waals surface area (Å²) in [7, 11) is 0. The fraction of sp³-hybridized carbons (Fsp3) is 0.208. The summed E-state index contributed by atoms with van der Waals surface area (Å²) in [6.45, 7) is 7.58. The highest BCUT2D eigenvalue weighted by Crippen LogP contribution is 2.34. The number of nitrogens with zero attached hydrogens (tertiary/aromatic N) is 4. The lowest BCUT2D eigenvalue weighted by Gasteiger charge is -2.25. The highest BCUT2D eigenvalue weighted by Gasteiger charge is 2.25. The van der Waals surface area contributed by atoms with Crippen LogP contribution in [0.25, 0.3) is 33.5 Å². The van der Waals surface area contributed by atoms with E-state index >= 15 is 0 Å². The number of anilines is 1. The van der Waals surface area contributed by atoms with Gasteiger partial charge in [0.1, 0.15) is 5.82 Å². The Morgan fingerprint density at radius 1 is 0.970 bits per heavy atom. The van der Waals surface area contributed by atoms with Crippen LogP contribution in [-0.2, 0) is 10.3 Å². The van der Waals surface area contributed by atoms with Gasteiger partial charge in [0.15, 0.2) is 0 Å². The first-order valence-corrected chi connectivity index (χ1v) is 10.4. The molecule has 33 heavy (non-hydrogen) atoms. The molecule has 0 aliphatic carbocycles. The maximum Gasteiger partial charge on any atom is 0.270 e. The average Bonchev–Trinajstić information content (AvgIpc) is 3.17. The van der Waals surface area contributed by atoms with Crippen LogP contribution in [0.1, 0.15) is 38.1 Å². The van der Waals surface area contributed by atoms with E-state index in [0.717, 1.165) is 22.2 Å². The number of fused-ring (bicyclic) bond motifs is 1. The molecule has 0 fully saturated rings. The molecule has 0 saturated carbocycles. The van der Waals surface area contributed by atoms with Crippen molar-refractivity contribution in [1.29, 1.82) is 0 Å². The molecule has 9 heteroatoms. The van der Waals surface area contributed by atoms with Crippen molar-refractivity contribution < 1.29 is 9.59 Å². The molecule has 4 aromatic rings. The number of imidazole rings is 1. The number of hydrazine groups is 1. The van der Waals surface area contributed by atoms with Gasteiger partial charge in [-0.2, -0.15) is 0 Å². The molecule has 0 aliphatic rings. The minimum absolute atomic E-state index is 0.216. The van der Waals surface area contributed by atoms with E-state index in [9.17, 15) is 9.59 Å². The number of aromatic nitrogens is 4. The van der Waals surface area contributed by atoms with Crippen LogP contribution in [0.15, 0.2) is 54.9 Å². The lowest BCUT2D eigenvalue weighted by Crippen LogP contribution is -2.40. The molecule has 0 aliphatic heterocycles. The summed E-state index contributed by atoms with van der Waals surface area (Å²) in [5.41, 5.74) is 14.6. The normalized spacial score (nSPS) is 11.4. The molecule has 0 saturated heterocycles. The molecule has 2 heterocycles. The largest absolute Gasteiger partial charge is 0.368 e. The van der Waals surface area contributed by atoms with E-state index in [1.165, 1.54) is 6.92 Å². The third kappa shape index (κ3) is 4.38. The maximum absolute atomic E-state index is 12.8. The van der Waals surface area contributed by atoms with Gasteiger partial charge in [-0.1, -0.05) is 24.3 Å². The summed E-state index contributed by atoms with van der Waals surface area (Å²) in [4.78, 5) is 37.1. The van der Waals surface area contributed by atoms with E-state index in [2.05, 4.69) is 46.2 Å². The number of hydrogen-bond donors (Lipinski definition) is 3. The number of nitrogens with one attached hydrogen (secondary N) is 2. The zero-order valence-corrected chi connectivity index (χ0v) is 18.9. The molecule has 2 aromatic heterocycles. The zero-order chi connectivity index (χ0) is 23.8. The average molecular weight is 444 g/mol. The number of carbonyl (C=O) groups is 2. The van der Waals surface area contributed by atoms with Crippen molar-refractivity contribution in [2.24, 2.45) is 0 Å². The zero-order valence-electron chi connectivity index (χ0n) is 18.9. The van der Waals surface area contributed by atoms with Gasteiger partial charge in [0.05, 0.1) is 16.6 Å². The van der Waals surface area contributed by atoms with Gasteiger partial charge in [-0.05, 0) is 44.5 Å². The second-order valence-corrected chi connectivity index (χ2v) is 8.66. The highest BCUT2D eigenvalue weighted by atomic mass is 16.2. The van der Waals surface area contributed by atoms with E-state index in [1.807, 2.05) is 30.3 Å². The van der Waals surface area contributed by atoms with Gasteiger partial charge in [0, 0.05) is 36.0 Å². The summed E-state index contributed by atoms with van der Waals surface area (Å²) in [6.07, 6.45) is 3.35. The molecule has 0 radical (unpaired) electrons. The third-order valence-electron chi connectivity index (χ3n) is 5.10. The van der Waals surface area contributed by atoms with Crippen LogP contribution in [0, 0.1) is 0 Å². The Morgan fingerprint density at radius 2 is 1.67 bits per heavy atom. The Bertz CT molecular complexity index is 1350. The van der Waals surface area contributed by atoms with Crippen molar-refractivity contribution in [3.8, 4) is 22.5 Å². The number of hydrogen-bond acceptors (Lipinski definition) is 6. The molecule has 0 bridgehead atoms. The molecular weight excluding hydrogens is 418 g/mol. The van der Waals surface area contributed by atoms with Gasteiger partial charge in [-0.3, -0.25) is 20.4 Å². The number of rotatable bonds is 3. The van der Waals surface area contributed by atoms with E-state index < -0.39 is 5.91 Å². The molecule has 0 atom stereocenters. The molecule has 2 aromatic carbocycles. The Kier molecular flexibility index (Phi) is 5.55. The summed E-state index contributed by atoms with van der Waals surface area (Å²) in [5, 5.41) is 0. The van der Waals surface area contributed by atoms with Crippen molar-refractivity contribution >= 4 is 28.8 Å². The van der Waals surface area contributed by atoms with Crippen LogP contribution in [0.3, 0.4) is 0 Å². The van der Waals surface area contributed by atoms with E-state index in [0.29, 0.717) is 17.0 Å². The lowest BCUT2D eigenvalue weighted by atomic mass is 10.0. The van der Waals surface area contributed by atoms with Crippen LogP contribution in [0.5, 0.6) is 0 Å². The predicted molar refractivity (Wildman–Crippen MR) is 127 cm³/mol. The van der Waals surface area contributed by atoms with E-state index in [-0.39, 0.29) is 17.4 Å². The number of benzene rings is 2. The van der Waals surface area contributed by atoms with Crippen molar-refractivity contribution in [3.05, 3.63) is 60.4 Å². The second-order valence-electron chi connectivity index (χ2n) is 8.66. The molecule has 2 amide bonds. The van der Waals surface area contributed by atoms with Gasteiger partial charge >= 0.3 is 0 Å². The fourth-order valence-electron chi connectivity index (χ4n) is 3.69. The minimum atomic E-state index is -0.423. The molecule has 0 unspecified atom stereocenters. The van der Waals surface area contributed by atoms with Gasteiger partial charge in [-0.15, -0.1) is 0 Å². The number of carbonyl (C=O) groups excluding carboxylic acids is 2. The first-order chi connectivity index (χ1) is 15.6. The summed E-state index contributed by atoms with van der Waals surface area (Å²) in [5.74, 6) is 0.0834. The maximum atomic E-state index is 12.8. The van der Waals surface area contributed by atoms with E-state index in [1.54, 1.807) is 24.5 Å². The Balaban J connectivity index is 1.88. The van der Waals surface area contributed by atoms with Crippen LogP contribution in [0.4, 0.5) is 5.95 Å². The van der Waals surface area contributed by atoms with Crippen molar-refractivity contribution in [2.45, 2.75) is 33.2 Å². The smallest absolute Gasteiger partial charge is 0.270 e. The molecular formula is C24H25N7O2. The van der Waals surface area contributed by atoms with E-state index in [4.69, 9.17) is 10.7 Å². The standard InChI is InChI=1S/C24H25N7O2/c1-14(32)29-30-22(33)18-8-6-5-7-17(18)21-28-19-11-15(16-12-26-23(25)27-13-16)9-10-20(19)31(21)24(2,3)4/h5-13H,1-4H3,(H,29,32)(H,30,33)(H2,25,26,27). The molecule has 168 valence electrons. The highest BCUT2D eigenvalue weighted by molar-refractivity contribution is 6.01. The number of nitrogens with two attached hydrogens (primary N) is 1. The Labute approximate surface area is 191 Å². The van der Waals surface area contributed by atoms with Crippen LogP contribution >= 0.6 is 0 Å².